The fraction of sp³-hybridized carbons (Fsp3) is 0.333. The summed E-state index contributed by atoms with van der Waals surface area (Å²) in [6.45, 7) is 2.02. The molecule has 0 saturated carbocycles. The number of halogens is 1. The van der Waals surface area contributed by atoms with Gasteiger partial charge in [-0.3, -0.25) is 0 Å². The molecular formula is C12H15ClN3S2-. The third-order valence-electron chi connectivity index (χ3n) is 2.15. The molecule has 0 bridgehead atoms. The van der Waals surface area contributed by atoms with E-state index in [1.54, 1.807) is 35.5 Å². The lowest BCUT2D eigenvalue weighted by Gasteiger charge is -2.02. The van der Waals surface area contributed by atoms with Gasteiger partial charge in [-0.15, -0.1) is 11.3 Å². The SMILES string of the molecule is [Cl-].c1cnc(SCCCNCc2cccs2)nc1. The zero-order valence-corrected chi connectivity index (χ0v) is 12.3. The number of nitrogens with one attached hydrogen (secondary N) is 1. The maximum absolute atomic E-state index is 4.17. The third kappa shape index (κ3) is 5.82. The van der Waals surface area contributed by atoms with Gasteiger partial charge in [0.05, 0.1) is 0 Å². The van der Waals surface area contributed by atoms with Crippen LogP contribution in [0.15, 0.2) is 41.1 Å². The molecule has 0 unspecified atom stereocenters. The quantitative estimate of drug-likeness (QED) is 0.437. The van der Waals surface area contributed by atoms with Gasteiger partial charge in [0, 0.05) is 29.6 Å². The topological polar surface area (TPSA) is 37.8 Å². The van der Waals surface area contributed by atoms with E-state index in [0.717, 1.165) is 30.4 Å². The minimum absolute atomic E-state index is 0. The number of nitrogens with zero attached hydrogens (tertiary/aromatic N) is 2. The monoisotopic (exact) mass is 300 g/mol. The average Bonchev–Trinajstić information content (AvgIpc) is 2.88. The lowest BCUT2D eigenvalue weighted by molar-refractivity contribution is -0.00000348. The van der Waals surface area contributed by atoms with E-state index >= 15 is 0 Å². The molecule has 18 heavy (non-hydrogen) atoms. The Morgan fingerprint density at radius 1 is 1.22 bits per heavy atom. The summed E-state index contributed by atoms with van der Waals surface area (Å²) in [5, 5.41) is 6.41. The third-order valence-corrected chi connectivity index (χ3v) is 3.99. The van der Waals surface area contributed by atoms with Crippen LogP contribution in [0.2, 0.25) is 0 Å². The number of aromatic nitrogens is 2. The van der Waals surface area contributed by atoms with Crippen molar-refractivity contribution in [2.75, 3.05) is 12.3 Å². The van der Waals surface area contributed by atoms with Gasteiger partial charge < -0.3 is 17.7 Å². The molecular weight excluding hydrogens is 286 g/mol. The molecule has 0 aliphatic carbocycles. The predicted octanol–water partition coefficient (Wildman–Crippen LogP) is -0.186. The first kappa shape index (κ1) is 15.4. The van der Waals surface area contributed by atoms with Crippen LogP contribution in [-0.2, 0) is 6.54 Å². The molecule has 2 rings (SSSR count). The minimum atomic E-state index is 0. The van der Waals surface area contributed by atoms with Crippen molar-refractivity contribution >= 4 is 23.1 Å². The van der Waals surface area contributed by atoms with Gasteiger partial charge in [0.15, 0.2) is 5.16 Å². The first-order chi connectivity index (χ1) is 8.45. The van der Waals surface area contributed by atoms with Crippen molar-refractivity contribution in [3.63, 3.8) is 0 Å². The molecule has 3 nitrogen and oxygen atoms in total. The summed E-state index contributed by atoms with van der Waals surface area (Å²) >= 11 is 3.50. The van der Waals surface area contributed by atoms with Crippen LogP contribution in [0.1, 0.15) is 11.3 Å². The van der Waals surface area contributed by atoms with Gasteiger partial charge in [-0.25, -0.2) is 9.97 Å². The molecule has 2 aromatic rings. The first-order valence-corrected chi connectivity index (χ1v) is 7.44. The van der Waals surface area contributed by atoms with E-state index in [2.05, 4.69) is 32.8 Å². The van der Waals surface area contributed by atoms with Crippen LogP contribution in [0.25, 0.3) is 0 Å². The van der Waals surface area contributed by atoms with E-state index in [4.69, 9.17) is 0 Å². The summed E-state index contributed by atoms with van der Waals surface area (Å²) in [6, 6.07) is 6.08. The molecule has 2 heterocycles. The Kier molecular flexibility index (Phi) is 8.00. The number of thiophene rings is 1. The van der Waals surface area contributed by atoms with Crippen molar-refractivity contribution in [3.8, 4) is 0 Å². The molecule has 0 radical (unpaired) electrons. The normalized spacial score (nSPS) is 10.0. The number of hydrogen-bond donors (Lipinski definition) is 1. The van der Waals surface area contributed by atoms with Gasteiger partial charge >= 0.3 is 0 Å². The molecule has 0 aromatic carbocycles. The fourth-order valence-electron chi connectivity index (χ4n) is 1.35. The smallest absolute Gasteiger partial charge is 0.187 e. The Morgan fingerprint density at radius 2 is 2.06 bits per heavy atom. The molecule has 1 N–H and O–H groups in total. The Hall–Kier alpha value is -0.620. The molecule has 0 spiro atoms. The van der Waals surface area contributed by atoms with Crippen molar-refractivity contribution in [2.45, 2.75) is 18.1 Å². The van der Waals surface area contributed by atoms with Crippen molar-refractivity contribution in [3.05, 3.63) is 40.8 Å². The van der Waals surface area contributed by atoms with Crippen LogP contribution in [0.3, 0.4) is 0 Å². The summed E-state index contributed by atoms with van der Waals surface area (Å²) in [5.74, 6) is 1.06. The molecule has 98 valence electrons. The molecule has 0 aliphatic heterocycles. The zero-order chi connectivity index (χ0) is 11.8. The Morgan fingerprint density at radius 3 is 2.78 bits per heavy atom. The van der Waals surface area contributed by atoms with Crippen molar-refractivity contribution < 1.29 is 12.4 Å². The molecule has 0 saturated heterocycles. The van der Waals surface area contributed by atoms with E-state index in [1.165, 1.54) is 4.88 Å². The zero-order valence-electron chi connectivity index (χ0n) is 9.88. The first-order valence-electron chi connectivity index (χ1n) is 5.58. The molecule has 0 fully saturated rings. The van der Waals surface area contributed by atoms with E-state index in [9.17, 15) is 0 Å². The molecule has 6 heteroatoms. The summed E-state index contributed by atoms with van der Waals surface area (Å²) in [5.41, 5.74) is 0. The van der Waals surface area contributed by atoms with Crippen LogP contribution in [-0.4, -0.2) is 22.3 Å². The van der Waals surface area contributed by atoms with Gasteiger partial charge in [0.2, 0.25) is 0 Å². The van der Waals surface area contributed by atoms with E-state index < -0.39 is 0 Å². The lowest BCUT2D eigenvalue weighted by Crippen LogP contribution is -3.00. The highest BCUT2D eigenvalue weighted by atomic mass is 35.5. The summed E-state index contributed by atoms with van der Waals surface area (Å²) in [6.07, 6.45) is 4.70. The minimum Gasteiger partial charge on any atom is -1.00 e. The summed E-state index contributed by atoms with van der Waals surface area (Å²) in [7, 11) is 0. The molecule has 0 atom stereocenters. The second-order valence-electron chi connectivity index (χ2n) is 3.49. The van der Waals surface area contributed by atoms with E-state index in [-0.39, 0.29) is 12.4 Å². The number of thioether (sulfide) groups is 1. The molecule has 0 aliphatic rings. The van der Waals surface area contributed by atoms with Crippen molar-refractivity contribution in [2.24, 2.45) is 0 Å². The van der Waals surface area contributed by atoms with Crippen LogP contribution < -0.4 is 17.7 Å². The second kappa shape index (κ2) is 9.33. The lowest BCUT2D eigenvalue weighted by atomic mass is 10.4. The largest absolute Gasteiger partial charge is 1.00 e. The van der Waals surface area contributed by atoms with Crippen molar-refractivity contribution in [1.82, 2.24) is 15.3 Å². The molecule has 0 amide bonds. The number of rotatable bonds is 7. The number of hydrogen-bond acceptors (Lipinski definition) is 5. The Labute approximate surface area is 122 Å². The summed E-state index contributed by atoms with van der Waals surface area (Å²) in [4.78, 5) is 9.73. The highest BCUT2D eigenvalue weighted by Gasteiger charge is 1.96. The van der Waals surface area contributed by atoms with Crippen LogP contribution in [0.4, 0.5) is 0 Å². The van der Waals surface area contributed by atoms with E-state index in [0.29, 0.717) is 0 Å². The van der Waals surface area contributed by atoms with Crippen molar-refractivity contribution in [1.29, 1.82) is 0 Å². The second-order valence-corrected chi connectivity index (χ2v) is 5.58. The maximum atomic E-state index is 4.17. The van der Waals surface area contributed by atoms with Crippen LogP contribution >= 0.6 is 23.1 Å². The standard InChI is InChI=1S/C12H15N3S2.ClH/c1-4-11(16-8-1)10-13-5-3-9-17-12-14-6-2-7-15-12;/h1-2,4,6-8,13H,3,5,9-10H2;1H/p-1. The highest BCUT2D eigenvalue weighted by Crippen LogP contribution is 2.11. The fourth-order valence-corrected chi connectivity index (χ4v) is 2.76. The van der Waals surface area contributed by atoms with Gasteiger partial charge in [-0.2, -0.15) is 0 Å². The maximum Gasteiger partial charge on any atom is 0.187 e. The van der Waals surface area contributed by atoms with Crippen LogP contribution in [0, 0.1) is 0 Å². The molecule has 2 aromatic heterocycles. The average molecular weight is 301 g/mol. The Bertz CT molecular complexity index is 409. The van der Waals surface area contributed by atoms with Gasteiger partial charge in [-0.1, -0.05) is 17.8 Å². The highest BCUT2D eigenvalue weighted by molar-refractivity contribution is 7.99. The Balaban J connectivity index is 0.00000162. The predicted molar refractivity (Wildman–Crippen MR) is 73.4 cm³/mol. The van der Waals surface area contributed by atoms with E-state index in [1.807, 2.05) is 6.07 Å². The van der Waals surface area contributed by atoms with Crippen LogP contribution in [0.5, 0.6) is 0 Å². The van der Waals surface area contributed by atoms with Gasteiger partial charge in [0.1, 0.15) is 0 Å². The summed E-state index contributed by atoms with van der Waals surface area (Å²) < 4.78 is 0. The van der Waals surface area contributed by atoms with Gasteiger partial charge in [-0.05, 0) is 30.5 Å². The van der Waals surface area contributed by atoms with Gasteiger partial charge in [0.25, 0.3) is 0 Å².